The number of hydrogen-bond donors (Lipinski definition) is 2. The summed E-state index contributed by atoms with van der Waals surface area (Å²) in [4.78, 5) is 12.2. The zero-order valence-corrected chi connectivity index (χ0v) is 11.6. The van der Waals surface area contributed by atoms with Crippen molar-refractivity contribution >= 4 is 5.91 Å². The topological polar surface area (TPSA) is 55.1 Å². The molecular weight excluding hydrogens is 236 g/mol. The van der Waals surface area contributed by atoms with Crippen LogP contribution in [-0.2, 0) is 4.79 Å². The molecule has 1 unspecified atom stereocenters. The van der Waals surface area contributed by atoms with Gasteiger partial charge in [-0.25, -0.2) is 0 Å². The third-order valence-corrected chi connectivity index (χ3v) is 4.21. The molecule has 1 aliphatic carbocycles. The Hall–Kier alpha value is -1.35. The maximum atomic E-state index is 12.2. The van der Waals surface area contributed by atoms with Crippen molar-refractivity contribution in [2.24, 2.45) is 17.6 Å². The van der Waals surface area contributed by atoms with E-state index in [1.54, 1.807) is 0 Å². The van der Waals surface area contributed by atoms with Gasteiger partial charge in [-0.2, -0.15) is 0 Å². The Morgan fingerprint density at radius 1 is 1.26 bits per heavy atom. The molecule has 3 heteroatoms. The van der Waals surface area contributed by atoms with Gasteiger partial charge in [-0.15, -0.1) is 0 Å². The summed E-state index contributed by atoms with van der Waals surface area (Å²) in [6.45, 7) is 2.80. The van der Waals surface area contributed by atoms with Crippen LogP contribution in [-0.4, -0.2) is 12.5 Å². The van der Waals surface area contributed by atoms with Gasteiger partial charge >= 0.3 is 0 Å². The molecular formula is C16H24N2O. The molecule has 0 spiro atoms. The fourth-order valence-electron chi connectivity index (χ4n) is 2.82. The van der Waals surface area contributed by atoms with E-state index in [-0.39, 0.29) is 17.9 Å². The summed E-state index contributed by atoms with van der Waals surface area (Å²) in [5.74, 6) is 0.997. The highest BCUT2D eigenvalue weighted by Gasteiger charge is 2.26. The molecule has 19 heavy (non-hydrogen) atoms. The number of nitrogens with two attached hydrogens (primary N) is 1. The lowest BCUT2D eigenvalue weighted by Gasteiger charge is -2.28. The van der Waals surface area contributed by atoms with Crippen LogP contribution >= 0.6 is 0 Å². The van der Waals surface area contributed by atoms with Gasteiger partial charge in [-0.1, -0.05) is 30.3 Å². The quantitative estimate of drug-likeness (QED) is 0.874. The standard InChI is InChI=1S/C16H24N2O/c1-12(14-5-3-2-4-6-14)18-16(19)15-9-7-13(11-17)8-10-15/h2-6,12-13,15H,7-11,17H2,1H3,(H,18,19). The molecule has 2 rings (SSSR count). The average Bonchev–Trinajstić information content (AvgIpc) is 2.48. The van der Waals surface area contributed by atoms with Crippen molar-refractivity contribution < 1.29 is 4.79 Å². The van der Waals surface area contributed by atoms with Crippen molar-refractivity contribution in [2.75, 3.05) is 6.54 Å². The minimum Gasteiger partial charge on any atom is -0.349 e. The van der Waals surface area contributed by atoms with Crippen LogP contribution in [0.3, 0.4) is 0 Å². The van der Waals surface area contributed by atoms with Crippen LogP contribution in [0.4, 0.5) is 0 Å². The molecule has 3 nitrogen and oxygen atoms in total. The Bertz CT molecular complexity index is 396. The summed E-state index contributed by atoms with van der Waals surface area (Å²) in [5.41, 5.74) is 6.84. The SMILES string of the molecule is CC(NC(=O)C1CCC(CN)CC1)c1ccccc1. The third-order valence-electron chi connectivity index (χ3n) is 4.21. The normalized spacial score (nSPS) is 24.7. The van der Waals surface area contributed by atoms with E-state index < -0.39 is 0 Å². The summed E-state index contributed by atoms with van der Waals surface area (Å²) in [6.07, 6.45) is 4.15. The van der Waals surface area contributed by atoms with E-state index in [1.165, 1.54) is 0 Å². The van der Waals surface area contributed by atoms with Gasteiger partial charge in [0.1, 0.15) is 0 Å². The number of carbonyl (C=O) groups is 1. The van der Waals surface area contributed by atoms with Gasteiger partial charge in [0.15, 0.2) is 0 Å². The van der Waals surface area contributed by atoms with Crippen molar-refractivity contribution in [1.82, 2.24) is 5.32 Å². The van der Waals surface area contributed by atoms with Crippen LogP contribution in [0.2, 0.25) is 0 Å². The first-order chi connectivity index (χ1) is 9.20. The zero-order chi connectivity index (χ0) is 13.7. The van der Waals surface area contributed by atoms with Crippen molar-refractivity contribution in [1.29, 1.82) is 0 Å². The van der Waals surface area contributed by atoms with Crippen molar-refractivity contribution in [3.8, 4) is 0 Å². The van der Waals surface area contributed by atoms with Crippen LogP contribution in [0.1, 0.15) is 44.2 Å². The smallest absolute Gasteiger partial charge is 0.223 e. The van der Waals surface area contributed by atoms with Crippen molar-refractivity contribution in [3.63, 3.8) is 0 Å². The monoisotopic (exact) mass is 260 g/mol. The first-order valence-electron chi connectivity index (χ1n) is 7.26. The molecule has 1 atom stereocenters. The molecule has 0 aliphatic heterocycles. The van der Waals surface area contributed by atoms with Gasteiger partial charge in [0.25, 0.3) is 0 Å². The second-order valence-corrected chi connectivity index (χ2v) is 5.59. The van der Waals surface area contributed by atoms with Crippen LogP contribution in [0.5, 0.6) is 0 Å². The largest absolute Gasteiger partial charge is 0.349 e. The minimum atomic E-state index is 0.0842. The van der Waals surface area contributed by atoms with Gasteiger partial charge in [0, 0.05) is 5.92 Å². The van der Waals surface area contributed by atoms with Gasteiger partial charge in [-0.05, 0) is 50.6 Å². The van der Waals surface area contributed by atoms with Crippen molar-refractivity contribution in [2.45, 2.75) is 38.6 Å². The highest BCUT2D eigenvalue weighted by atomic mass is 16.1. The van der Waals surface area contributed by atoms with Crippen LogP contribution in [0, 0.1) is 11.8 Å². The van der Waals surface area contributed by atoms with Crippen molar-refractivity contribution in [3.05, 3.63) is 35.9 Å². The molecule has 0 bridgehead atoms. The summed E-state index contributed by atoms with van der Waals surface area (Å²) >= 11 is 0. The molecule has 1 saturated carbocycles. The first-order valence-corrected chi connectivity index (χ1v) is 7.26. The Morgan fingerprint density at radius 2 is 1.89 bits per heavy atom. The molecule has 1 amide bonds. The maximum absolute atomic E-state index is 12.2. The van der Waals surface area contributed by atoms with Crippen LogP contribution in [0.15, 0.2) is 30.3 Å². The van der Waals surface area contributed by atoms with E-state index >= 15 is 0 Å². The predicted octanol–water partition coefficient (Wildman–Crippen LogP) is 2.63. The third kappa shape index (κ3) is 3.80. The summed E-state index contributed by atoms with van der Waals surface area (Å²) < 4.78 is 0. The number of carbonyl (C=O) groups excluding carboxylic acids is 1. The van der Waals surface area contributed by atoms with Gasteiger partial charge < -0.3 is 11.1 Å². The maximum Gasteiger partial charge on any atom is 0.223 e. The summed E-state index contributed by atoms with van der Waals surface area (Å²) in [6, 6.07) is 10.2. The lowest BCUT2D eigenvalue weighted by molar-refractivity contribution is -0.126. The van der Waals surface area contributed by atoms with Gasteiger partial charge in [0.2, 0.25) is 5.91 Å². The summed E-state index contributed by atoms with van der Waals surface area (Å²) in [7, 11) is 0. The van der Waals surface area contributed by atoms with E-state index in [4.69, 9.17) is 5.73 Å². The van der Waals surface area contributed by atoms with Gasteiger partial charge in [0.05, 0.1) is 6.04 Å². The molecule has 0 heterocycles. The molecule has 1 aromatic carbocycles. The Morgan fingerprint density at radius 3 is 2.47 bits per heavy atom. The number of nitrogens with one attached hydrogen (secondary N) is 1. The highest BCUT2D eigenvalue weighted by Crippen LogP contribution is 2.28. The van der Waals surface area contributed by atoms with E-state index in [1.807, 2.05) is 25.1 Å². The Labute approximate surface area is 115 Å². The molecule has 1 aliphatic rings. The number of hydrogen-bond acceptors (Lipinski definition) is 2. The van der Waals surface area contributed by atoms with Gasteiger partial charge in [-0.3, -0.25) is 4.79 Å². The van der Waals surface area contributed by atoms with E-state index in [9.17, 15) is 4.79 Å². The lowest BCUT2D eigenvalue weighted by atomic mass is 9.81. The predicted molar refractivity (Wildman–Crippen MR) is 77.5 cm³/mol. The number of rotatable bonds is 4. The molecule has 3 N–H and O–H groups in total. The van der Waals surface area contributed by atoms with E-state index in [0.29, 0.717) is 5.92 Å². The molecule has 0 aromatic heterocycles. The lowest BCUT2D eigenvalue weighted by Crippen LogP contribution is -2.35. The molecule has 104 valence electrons. The van der Waals surface area contributed by atoms with Crippen LogP contribution < -0.4 is 11.1 Å². The highest BCUT2D eigenvalue weighted by molar-refractivity contribution is 5.79. The zero-order valence-electron chi connectivity index (χ0n) is 11.6. The molecule has 1 aromatic rings. The average molecular weight is 260 g/mol. The Kier molecular flexibility index (Phi) is 4.97. The molecule has 0 saturated heterocycles. The number of benzene rings is 1. The second kappa shape index (κ2) is 6.71. The molecule has 0 radical (unpaired) electrons. The van der Waals surface area contributed by atoms with E-state index in [0.717, 1.165) is 37.8 Å². The fourth-order valence-corrected chi connectivity index (χ4v) is 2.82. The Balaban J connectivity index is 1.84. The number of amides is 1. The van der Waals surface area contributed by atoms with Crippen LogP contribution in [0.25, 0.3) is 0 Å². The fraction of sp³-hybridized carbons (Fsp3) is 0.562. The second-order valence-electron chi connectivity index (χ2n) is 5.59. The minimum absolute atomic E-state index is 0.0842. The first kappa shape index (κ1) is 14.1. The van der Waals surface area contributed by atoms with E-state index in [2.05, 4.69) is 17.4 Å². The summed E-state index contributed by atoms with van der Waals surface area (Å²) in [5, 5.41) is 3.13. The molecule has 1 fully saturated rings.